The number of likely N-dealkylation sites (tertiary alicyclic amines) is 1. The number of rotatable bonds is 8. The Bertz CT molecular complexity index is 943. The van der Waals surface area contributed by atoms with Crippen LogP contribution in [0.1, 0.15) is 47.6 Å². The highest BCUT2D eigenvalue weighted by molar-refractivity contribution is 5.30. The second-order valence-electron chi connectivity index (χ2n) is 8.74. The van der Waals surface area contributed by atoms with Crippen molar-refractivity contribution in [3.05, 3.63) is 107 Å². The van der Waals surface area contributed by atoms with Crippen molar-refractivity contribution < 1.29 is 17.9 Å². The average molecular weight is 454 g/mol. The molecule has 0 unspecified atom stereocenters. The smallest absolute Gasteiger partial charge is 0.369 e. The molecule has 0 saturated carbocycles. The molecule has 0 amide bonds. The molecule has 0 aliphatic carbocycles. The van der Waals surface area contributed by atoms with Crippen LogP contribution in [0.3, 0.4) is 0 Å². The first-order valence-corrected chi connectivity index (χ1v) is 11.6. The highest BCUT2D eigenvalue weighted by Gasteiger charge is 2.33. The van der Waals surface area contributed by atoms with E-state index >= 15 is 0 Å². The van der Waals surface area contributed by atoms with Crippen LogP contribution in [0, 0.1) is 5.92 Å². The number of nitrogens with zero attached hydrogens (tertiary/aromatic N) is 1. The summed E-state index contributed by atoms with van der Waals surface area (Å²) >= 11 is 0. The molecule has 33 heavy (non-hydrogen) atoms. The van der Waals surface area contributed by atoms with Crippen LogP contribution in [0.4, 0.5) is 13.2 Å². The number of ether oxygens (including phenoxy) is 1. The Balaban J connectivity index is 1.28. The Kier molecular flexibility index (Phi) is 7.84. The van der Waals surface area contributed by atoms with Crippen LogP contribution in [0.15, 0.2) is 84.9 Å². The molecule has 5 heteroatoms. The van der Waals surface area contributed by atoms with Crippen molar-refractivity contribution in [3.8, 4) is 0 Å². The third kappa shape index (κ3) is 6.46. The number of alkyl halides is 3. The van der Waals surface area contributed by atoms with Gasteiger partial charge in [0.05, 0.1) is 5.56 Å². The van der Waals surface area contributed by atoms with Crippen LogP contribution in [0.25, 0.3) is 0 Å². The molecule has 174 valence electrons. The monoisotopic (exact) mass is 453 g/mol. The van der Waals surface area contributed by atoms with Gasteiger partial charge < -0.3 is 4.74 Å². The third-order valence-corrected chi connectivity index (χ3v) is 6.44. The standard InChI is InChI=1S/C28H30F3NO/c29-28(30,31)26-14-8-7-13-25(26)21-32-18-15-22(16-19-32)17-20-33-27(23-9-3-1-4-10-23)24-11-5-2-6-12-24/h1-14,22,27H,15-21H2. The molecule has 0 radical (unpaired) electrons. The maximum Gasteiger partial charge on any atom is 0.416 e. The van der Waals surface area contributed by atoms with Crippen molar-refractivity contribution in [3.63, 3.8) is 0 Å². The quantitative estimate of drug-likeness (QED) is 0.360. The predicted octanol–water partition coefficient (Wildman–Crippen LogP) is 7.11. The highest BCUT2D eigenvalue weighted by Crippen LogP contribution is 2.33. The van der Waals surface area contributed by atoms with Gasteiger partial charge in [-0.2, -0.15) is 13.2 Å². The fourth-order valence-electron chi connectivity index (χ4n) is 4.60. The van der Waals surface area contributed by atoms with Crippen LogP contribution in [0.2, 0.25) is 0 Å². The van der Waals surface area contributed by atoms with Gasteiger partial charge in [0.1, 0.15) is 6.10 Å². The summed E-state index contributed by atoms with van der Waals surface area (Å²) in [6, 6.07) is 26.4. The molecule has 1 aliphatic rings. The molecular weight excluding hydrogens is 423 g/mol. The van der Waals surface area contributed by atoms with Gasteiger partial charge in [0.15, 0.2) is 0 Å². The van der Waals surface area contributed by atoms with E-state index in [1.54, 1.807) is 12.1 Å². The summed E-state index contributed by atoms with van der Waals surface area (Å²) in [6.45, 7) is 2.65. The van der Waals surface area contributed by atoms with Gasteiger partial charge in [0.25, 0.3) is 0 Å². The number of halogens is 3. The molecule has 1 heterocycles. The molecule has 2 nitrogen and oxygen atoms in total. The van der Waals surface area contributed by atoms with E-state index in [2.05, 4.69) is 29.2 Å². The topological polar surface area (TPSA) is 12.5 Å². The average Bonchev–Trinajstić information content (AvgIpc) is 2.84. The molecule has 3 aromatic carbocycles. The van der Waals surface area contributed by atoms with Crippen LogP contribution < -0.4 is 0 Å². The molecule has 0 atom stereocenters. The number of piperidine rings is 1. The zero-order valence-electron chi connectivity index (χ0n) is 18.7. The lowest BCUT2D eigenvalue weighted by Gasteiger charge is -2.32. The van der Waals surface area contributed by atoms with Crippen LogP contribution in [-0.4, -0.2) is 24.6 Å². The predicted molar refractivity (Wildman–Crippen MR) is 125 cm³/mol. The van der Waals surface area contributed by atoms with Gasteiger partial charge in [0.2, 0.25) is 0 Å². The summed E-state index contributed by atoms with van der Waals surface area (Å²) < 4.78 is 46.2. The minimum atomic E-state index is -4.31. The molecule has 0 N–H and O–H groups in total. The summed E-state index contributed by atoms with van der Waals surface area (Å²) in [5.74, 6) is 0.534. The molecule has 0 spiro atoms. The maximum absolute atomic E-state index is 13.3. The van der Waals surface area contributed by atoms with Gasteiger partial charge in [-0.1, -0.05) is 78.9 Å². The number of hydrogen-bond donors (Lipinski definition) is 0. The van der Waals surface area contributed by atoms with E-state index in [4.69, 9.17) is 4.74 Å². The van der Waals surface area contributed by atoms with Crippen LogP contribution >= 0.6 is 0 Å². The van der Waals surface area contributed by atoms with Gasteiger partial charge in [-0.15, -0.1) is 0 Å². The second kappa shape index (κ2) is 11.0. The van der Waals surface area contributed by atoms with E-state index < -0.39 is 11.7 Å². The van der Waals surface area contributed by atoms with E-state index in [1.807, 2.05) is 36.4 Å². The number of hydrogen-bond acceptors (Lipinski definition) is 2. The summed E-state index contributed by atoms with van der Waals surface area (Å²) in [5.41, 5.74) is 2.12. The normalized spacial score (nSPS) is 15.8. The van der Waals surface area contributed by atoms with Crippen LogP contribution in [0.5, 0.6) is 0 Å². The maximum atomic E-state index is 13.3. The van der Waals surface area contributed by atoms with Crippen molar-refractivity contribution in [2.24, 2.45) is 5.92 Å². The summed E-state index contributed by atoms with van der Waals surface area (Å²) in [5, 5.41) is 0. The van der Waals surface area contributed by atoms with Gasteiger partial charge in [-0.05, 0) is 61.0 Å². The van der Waals surface area contributed by atoms with E-state index in [0.29, 0.717) is 24.6 Å². The first-order valence-electron chi connectivity index (χ1n) is 11.6. The number of benzene rings is 3. The van der Waals surface area contributed by atoms with Gasteiger partial charge in [0, 0.05) is 13.2 Å². The van der Waals surface area contributed by atoms with E-state index in [-0.39, 0.29) is 6.10 Å². The lowest BCUT2D eigenvalue weighted by Crippen LogP contribution is -2.34. The highest BCUT2D eigenvalue weighted by atomic mass is 19.4. The first kappa shape index (κ1) is 23.5. The zero-order chi connectivity index (χ0) is 23.1. The lowest BCUT2D eigenvalue weighted by molar-refractivity contribution is -0.138. The Labute approximate surface area is 194 Å². The van der Waals surface area contributed by atoms with Gasteiger partial charge >= 0.3 is 6.18 Å². The van der Waals surface area contributed by atoms with Crippen molar-refractivity contribution >= 4 is 0 Å². The zero-order valence-corrected chi connectivity index (χ0v) is 18.7. The molecule has 3 aromatic rings. The summed E-state index contributed by atoms with van der Waals surface area (Å²) in [6.07, 6.45) is -1.47. The van der Waals surface area contributed by atoms with Crippen molar-refractivity contribution in [1.29, 1.82) is 0 Å². The fraction of sp³-hybridized carbons (Fsp3) is 0.357. The summed E-state index contributed by atoms with van der Waals surface area (Å²) in [4.78, 5) is 2.14. The lowest BCUT2D eigenvalue weighted by atomic mass is 9.93. The molecule has 0 bridgehead atoms. The van der Waals surface area contributed by atoms with Crippen molar-refractivity contribution in [2.75, 3.05) is 19.7 Å². The van der Waals surface area contributed by atoms with E-state index in [9.17, 15) is 13.2 Å². The van der Waals surface area contributed by atoms with E-state index in [1.165, 1.54) is 12.1 Å². The largest absolute Gasteiger partial charge is 0.416 e. The molecule has 1 fully saturated rings. The Morgan fingerprint density at radius 3 is 1.91 bits per heavy atom. The molecule has 0 aromatic heterocycles. The molecular formula is C28H30F3NO. The summed E-state index contributed by atoms with van der Waals surface area (Å²) in [7, 11) is 0. The molecule has 4 rings (SSSR count). The minimum absolute atomic E-state index is 0.0913. The first-order chi connectivity index (χ1) is 16.0. The Morgan fingerprint density at radius 2 is 1.33 bits per heavy atom. The SMILES string of the molecule is FC(F)(F)c1ccccc1CN1CCC(CCOC(c2ccccc2)c2ccccc2)CC1. The van der Waals surface area contributed by atoms with E-state index in [0.717, 1.165) is 43.5 Å². The fourth-order valence-corrected chi connectivity index (χ4v) is 4.60. The van der Waals surface area contributed by atoms with Gasteiger partial charge in [-0.3, -0.25) is 4.90 Å². The van der Waals surface area contributed by atoms with Gasteiger partial charge in [-0.25, -0.2) is 0 Å². The van der Waals surface area contributed by atoms with Crippen LogP contribution in [-0.2, 0) is 17.5 Å². The molecule has 1 saturated heterocycles. The molecule has 1 aliphatic heterocycles. The third-order valence-electron chi connectivity index (χ3n) is 6.44. The Morgan fingerprint density at radius 1 is 0.788 bits per heavy atom. The van der Waals surface area contributed by atoms with Crippen molar-refractivity contribution in [2.45, 2.75) is 38.1 Å². The van der Waals surface area contributed by atoms with Crippen molar-refractivity contribution in [1.82, 2.24) is 4.90 Å². The second-order valence-corrected chi connectivity index (χ2v) is 8.74. The Hall–Kier alpha value is -2.63. The minimum Gasteiger partial charge on any atom is -0.369 e.